The Hall–Kier alpha value is -2.64. The maximum Gasteiger partial charge on any atom is 0.234 e. The third kappa shape index (κ3) is 4.52. The average molecular weight is 411 g/mol. The number of rotatable bonds is 7. The highest BCUT2D eigenvalue weighted by Crippen LogP contribution is 2.31. The van der Waals surface area contributed by atoms with Crippen LogP contribution in [-0.4, -0.2) is 41.0 Å². The molecule has 7 heteroatoms. The van der Waals surface area contributed by atoms with Gasteiger partial charge in [-0.2, -0.15) is 0 Å². The molecule has 0 radical (unpaired) electrons. The summed E-state index contributed by atoms with van der Waals surface area (Å²) in [5.74, 6) is 1.79. The first-order chi connectivity index (χ1) is 14.1. The van der Waals surface area contributed by atoms with Crippen molar-refractivity contribution >= 4 is 17.2 Å². The van der Waals surface area contributed by atoms with Gasteiger partial charge in [-0.25, -0.2) is 4.98 Å². The molecular weight excluding hydrogens is 384 g/mol. The van der Waals surface area contributed by atoms with Crippen LogP contribution in [0.3, 0.4) is 0 Å². The van der Waals surface area contributed by atoms with Crippen LogP contribution >= 0.6 is 11.3 Å². The number of likely N-dealkylation sites (tertiary alicyclic amines) is 1. The van der Waals surface area contributed by atoms with Crippen molar-refractivity contribution in [3.8, 4) is 17.0 Å². The van der Waals surface area contributed by atoms with Gasteiger partial charge in [0.2, 0.25) is 5.91 Å². The van der Waals surface area contributed by atoms with E-state index in [4.69, 9.17) is 4.74 Å². The second-order valence-electron chi connectivity index (χ2n) is 7.35. The minimum Gasteiger partial charge on any atom is -0.497 e. The zero-order valence-corrected chi connectivity index (χ0v) is 17.5. The van der Waals surface area contributed by atoms with E-state index < -0.39 is 0 Å². The number of thiophene rings is 1. The van der Waals surface area contributed by atoms with Gasteiger partial charge < -0.3 is 15.0 Å². The molecule has 3 aromatic rings. The number of aromatic amines is 1. The predicted molar refractivity (Wildman–Crippen MR) is 115 cm³/mol. The topological polar surface area (TPSA) is 70.2 Å². The molecule has 1 aliphatic rings. The highest BCUT2D eigenvalue weighted by atomic mass is 32.1. The molecule has 0 aliphatic carbocycles. The van der Waals surface area contributed by atoms with Gasteiger partial charge in [-0.05, 0) is 49.9 Å². The number of hydrogen-bond donors (Lipinski definition) is 2. The van der Waals surface area contributed by atoms with Crippen LogP contribution < -0.4 is 10.1 Å². The molecule has 0 spiro atoms. The Morgan fingerprint density at radius 1 is 1.41 bits per heavy atom. The monoisotopic (exact) mass is 410 g/mol. The third-order valence-corrected chi connectivity index (χ3v) is 6.40. The van der Waals surface area contributed by atoms with Crippen LogP contribution in [0.2, 0.25) is 0 Å². The van der Waals surface area contributed by atoms with Gasteiger partial charge in [-0.3, -0.25) is 9.69 Å². The summed E-state index contributed by atoms with van der Waals surface area (Å²) in [4.78, 5) is 24.0. The first-order valence-corrected chi connectivity index (χ1v) is 10.8. The Labute approximate surface area is 174 Å². The molecule has 6 nitrogen and oxygen atoms in total. The molecule has 3 heterocycles. The summed E-state index contributed by atoms with van der Waals surface area (Å²) in [5, 5.41) is 5.14. The molecule has 1 aliphatic heterocycles. The highest BCUT2D eigenvalue weighted by Gasteiger charge is 2.30. The second kappa shape index (κ2) is 8.80. The third-order valence-electron chi connectivity index (χ3n) is 5.35. The van der Waals surface area contributed by atoms with Crippen LogP contribution in [-0.2, 0) is 4.79 Å². The molecule has 1 aromatic carbocycles. The van der Waals surface area contributed by atoms with E-state index in [1.807, 2.05) is 48.8 Å². The number of ether oxygens (including phenoxy) is 1. The molecule has 4 rings (SSSR count). The van der Waals surface area contributed by atoms with E-state index in [2.05, 4.69) is 26.3 Å². The molecule has 152 valence electrons. The van der Waals surface area contributed by atoms with E-state index in [0.717, 1.165) is 42.2 Å². The molecule has 0 unspecified atom stereocenters. The van der Waals surface area contributed by atoms with Crippen LogP contribution in [0.25, 0.3) is 11.3 Å². The molecule has 2 atom stereocenters. The van der Waals surface area contributed by atoms with E-state index >= 15 is 0 Å². The van der Waals surface area contributed by atoms with Gasteiger partial charge in [0.25, 0.3) is 0 Å². The van der Waals surface area contributed by atoms with E-state index in [-0.39, 0.29) is 18.0 Å². The molecular formula is C22H26N4O2S. The van der Waals surface area contributed by atoms with E-state index in [1.165, 1.54) is 4.88 Å². The largest absolute Gasteiger partial charge is 0.497 e. The SMILES string of the molecule is COc1cccc(-c2cnc([C@H]3CCCN3CC(=O)N[C@H](C)c3cccs3)[nH]2)c1. The first kappa shape index (κ1) is 19.7. The van der Waals surface area contributed by atoms with Gasteiger partial charge in [0, 0.05) is 10.4 Å². The van der Waals surface area contributed by atoms with Gasteiger partial charge in [0.05, 0.1) is 37.6 Å². The maximum atomic E-state index is 12.6. The van der Waals surface area contributed by atoms with Gasteiger partial charge in [0.15, 0.2) is 0 Å². The summed E-state index contributed by atoms with van der Waals surface area (Å²) in [7, 11) is 1.66. The van der Waals surface area contributed by atoms with E-state index in [0.29, 0.717) is 6.54 Å². The Kier molecular flexibility index (Phi) is 5.97. The molecule has 1 fully saturated rings. The van der Waals surface area contributed by atoms with Crippen molar-refractivity contribution in [2.24, 2.45) is 0 Å². The Bertz CT molecular complexity index is 953. The van der Waals surface area contributed by atoms with Gasteiger partial charge in [-0.1, -0.05) is 18.2 Å². The van der Waals surface area contributed by atoms with Gasteiger partial charge in [0.1, 0.15) is 11.6 Å². The summed E-state index contributed by atoms with van der Waals surface area (Å²) in [6.07, 6.45) is 3.92. The summed E-state index contributed by atoms with van der Waals surface area (Å²) < 4.78 is 5.32. The fourth-order valence-electron chi connectivity index (χ4n) is 3.85. The van der Waals surface area contributed by atoms with Crippen LogP contribution in [0.15, 0.2) is 48.0 Å². The van der Waals surface area contributed by atoms with Crippen LogP contribution in [0.4, 0.5) is 0 Å². The molecule has 2 aromatic heterocycles. The summed E-state index contributed by atoms with van der Waals surface area (Å²) in [5.41, 5.74) is 2.00. The minimum atomic E-state index is 0.0341. The number of methoxy groups -OCH3 is 1. The fraction of sp³-hybridized carbons (Fsp3) is 0.364. The van der Waals surface area contributed by atoms with Crippen molar-refractivity contribution in [1.29, 1.82) is 0 Å². The molecule has 0 saturated carbocycles. The number of amides is 1. The zero-order valence-electron chi connectivity index (χ0n) is 16.7. The molecule has 1 amide bonds. The van der Waals surface area contributed by atoms with Crippen LogP contribution in [0.5, 0.6) is 5.75 Å². The van der Waals surface area contributed by atoms with Crippen molar-refractivity contribution < 1.29 is 9.53 Å². The number of aromatic nitrogens is 2. The standard InChI is InChI=1S/C22H26N4O2S/c1-15(20-9-5-11-29-20)24-21(27)14-26-10-4-8-19(26)22-23-13-18(25-22)16-6-3-7-17(12-16)28-2/h3,5-7,9,11-13,15,19H,4,8,10,14H2,1-2H3,(H,23,25)(H,24,27)/t15-,19-/m1/s1. The summed E-state index contributed by atoms with van der Waals surface area (Å²) >= 11 is 1.66. The smallest absolute Gasteiger partial charge is 0.234 e. The van der Waals surface area contributed by atoms with E-state index in [1.54, 1.807) is 18.4 Å². The summed E-state index contributed by atoms with van der Waals surface area (Å²) in [6, 6.07) is 12.1. The lowest BCUT2D eigenvalue weighted by Gasteiger charge is -2.23. The van der Waals surface area contributed by atoms with Crippen molar-refractivity contribution in [3.63, 3.8) is 0 Å². The number of H-pyrrole nitrogens is 1. The van der Waals surface area contributed by atoms with Gasteiger partial charge >= 0.3 is 0 Å². The highest BCUT2D eigenvalue weighted by molar-refractivity contribution is 7.10. The predicted octanol–water partition coefficient (Wildman–Crippen LogP) is 4.16. The number of nitrogens with zero attached hydrogens (tertiary/aromatic N) is 2. The normalized spacial score (nSPS) is 17.9. The average Bonchev–Trinajstić information content (AvgIpc) is 3.48. The van der Waals surface area contributed by atoms with Crippen LogP contribution in [0.1, 0.15) is 42.6 Å². The number of benzene rings is 1. The first-order valence-electron chi connectivity index (χ1n) is 9.90. The number of carbonyl (C=O) groups is 1. The number of hydrogen-bond acceptors (Lipinski definition) is 5. The Morgan fingerprint density at radius 3 is 3.10 bits per heavy atom. The second-order valence-corrected chi connectivity index (χ2v) is 8.33. The van der Waals surface area contributed by atoms with Crippen molar-refractivity contribution in [2.45, 2.75) is 31.8 Å². The number of carbonyl (C=O) groups excluding carboxylic acids is 1. The lowest BCUT2D eigenvalue weighted by Crippen LogP contribution is -2.38. The van der Waals surface area contributed by atoms with Crippen LogP contribution in [0, 0.1) is 0 Å². The quantitative estimate of drug-likeness (QED) is 0.614. The molecule has 2 N–H and O–H groups in total. The molecule has 0 bridgehead atoms. The zero-order chi connectivity index (χ0) is 20.2. The minimum absolute atomic E-state index is 0.0341. The van der Waals surface area contributed by atoms with E-state index in [9.17, 15) is 4.79 Å². The maximum absolute atomic E-state index is 12.6. The lowest BCUT2D eigenvalue weighted by atomic mass is 10.1. The lowest BCUT2D eigenvalue weighted by molar-refractivity contribution is -0.123. The summed E-state index contributed by atoms with van der Waals surface area (Å²) in [6.45, 7) is 3.31. The number of imidazole rings is 1. The Morgan fingerprint density at radius 2 is 2.31 bits per heavy atom. The van der Waals surface area contributed by atoms with Crippen molar-refractivity contribution in [2.75, 3.05) is 20.2 Å². The fourth-order valence-corrected chi connectivity index (χ4v) is 4.58. The Balaban J connectivity index is 1.42. The molecule has 29 heavy (non-hydrogen) atoms. The van der Waals surface area contributed by atoms with Crippen molar-refractivity contribution in [3.05, 3.63) is 58.7 Å². The van der Waals surface area contributed by atoms with Crippen molar-refractivity contribution in [1.82, 2.24) is 20.2 Å². The molecule has 1 saturated heterocycles. The van der Waals surface area contributed by atoms with Gasteiger partial charge in [-0.15, -0.1) is 11.3 Å². The number of nitrogens with one attached hydrogen (secondary N) is 2.